The Morgan fingerprint density at radius 3 is 2.32 bits per heavy atom. The van der Waals surface area contributed by atoms with Gasteiger partial charge < -0.3 is 5.73 Å². The lowest BCUT2D eigenvalue weighted by molar-refractivity contribution is 0.420. The first kappa shape index (κ1) is 12.4. The molecule has 0 unspecified atom stereocenters. The highest BCUT2D eigenvalue weighted by Gasteiger charge is 2.19. The van der Waals surface area contributed by atoms with E-state index in [1.807, 2.05) is 0 Å². The van der Waals surface area contributed by atoms with E-state index in [2.05, 4.69) is 49.4 Å². The molecule has 0 atom stereocenters. The molecule has 1 fully saturated rings. The third-order valence-corrected chi connectivity index (χ3v) is 4.32. The van der Waals surface area contributed by atoms with Crippen LogP contribution in [-0.4, -0.2) is 0 Å². The van der Waals surface area contributed by atoms with Crippen molar-refractivity contribution in [3.05, 3.63) is 59.2 Å². The molecule has 1 aliphatic rings. The number of hydrogen-bond donors (Lipinski definition) is 1. The van der Waals surface area contributed by atoms with Crippen molar-refractivity contribution in [3.63, 3.8) is 0 Å². The van der Waals surface area contributed by atoms with Crippen LogP contribution in [0.2, 0.25) is 0 Å². The fourth-order valence-electron chi connectivity index (χ4n) is 2.85. The van der Waals surface area contributed by atoms with Gasteiger partial charge in [0, 0.05) is 6.54 Å². The second-order valence-electron chi connectivity index (χ2n) is 5.60. The Hall–Kier alpha value is -1.60. The molecule has 3 rings (SSSR count). The normalized spacial score (nSPS) is 15.3. The van der Waals surface area contributed by atoms with Gasteiger partial charge in [-0.05, 0) is 53.5 Å². The number of nitrogens with two attached hydrogens (primary N) is 1. The maximum Gasteiger partial charge on any atom is 0.0178 e. The van der Waals surface area contributed by atoms with Crippen molar-refractivity contribution in [2.24, 2.45) is 5.73 Å². The van der Waals surface area contributed by atoms with Crippen molar-refractivity contribution >= 4 is 0 Å². The molecule has 1 nitrogen and oxygen atoms in total. The van der Waals surface area contributed by atoms with Crippen LogP contribution in [0.5, 0.6) is 0 Å². The zero-order valence-corrected chi connectivity index (χ0v) is 11.5. The van der Waals surface area contributed by atoms with Gasteiger partial charge in [0.2, 0.25) is 0 Å². The van der Waals surface area contributed by atoms with Gasteiger partial charge in [-0.3, -0.25) is 0 Å². The highest BCUT2D eigenvalue weighted by atomic mass is 14.5. The molecule has 1 saturated carbocycles. The first-order valence-electron chi connectivity index (χ1n) is 7.18. The van der Waals surface area contributed by atoms with Crippen LogP contribution >= 0.6 is 0 Å². The molecule has 19 heavy (non-hydrogen) atoms. The molecule has 2 aromatic carbocycles. The fraction of sp³-hybridized carbons (Fsp3) is 0.333. The van der Waals surface area contributed by atoms with E-state index in [1.165, 1.54) is 47.1 Å². The van der Waals surface area contributed by atoms with E-state index in [4.69, 9.17) is 5.73 Å². The quantitative estimate of drug-likeness (QED) is 0.860. The van der Waals surface area contributed by atoms with Gasteiger partial charge in [0.05, 0.1) is 0 Å². The van der Waals surface area contributed by atoms with Gasteiger partial charge in [0.25, 0.3) is 0 Å². The molecule has 0 radical (unpaired) electrons. The van der Waals surface area contributed by atoms with Crippen LogP contribution in [0.3, 0.4) is 0 Å². The average Bonchev–Trinajstić information content (AvgIpc) is 2.38. The van der Waals surface area contributed by atoms with Crippen LogP contribution in [0.1, 0.15) is 41.9 Å². The Kier molecular flexibility index (Phi) is 3.39. The van der Waals surface area contributed by atoms with Crippen LogP contribution in [0.4, 0.5) is 0 Å². The number of rotatable bonds is 3. The maximum absolute atomic E-state index is 5.68. The third kappa shape index (κ3) is 2.43. The van der Waals surface area contributed by atoms with Gasteiger partial charge in [-0.1, -0.05) is 48.9 Å². The largest absolute Gasteiger partial charge is 0.326 e. The molecular weight excluding hydrogens is 230 g/mol. The van der Waals surface area contributed by atoms with Gasteiger partial charge in [-0.2, -0.15) is 0 Å². The minimum atomic E-state index is 0.613. The van der Waals surface area contributed by atoms with Crippen molar-refractivity contribution < 1.29 is 0 Å². The average molecular weight is 251 g/mol. The van der Waals surface area contributed by atoms with E-state index in [9.17, 15) is 0 Å². The van der Waals surface area contributed by atoms with Gasteiger partial charge >= 0.3 is 0 Å². The van der Waals surface area contributed by atoms with Gasteiger partial charge in [0.1, 0.15) is 0 Å². The first-order chi connectivity index (χ1) is 9.28. The van der Waals surface area contributed by atoms with E-state index < -0.39 is 0 Å². The summed E-state index contributed by atoms with van der Waals surface area (Å²) in [4.78, 5) is 0. The Bertz CT molecular complexity index is 565. The lowest BCUT2D eigenvalue weighted by Gasteiger charge is -2.25. The van der Waals surface area contributed by atoms with E-state index in [1.54, 1.807) is 0 Å². The summed E-state index contributed by atoms with van der Waals surface area (Å²) in [6.07, 6.45) is 4.12. The molecule has 0 aliphatic heterocycles. The second-order valence-corrected chi connectivity index (χ2v) is 5.60. The van der Waals surface area contributed by atoms with Crippen LogP contribution in [0, 0.1) is 6.92 Å². The molecule has 0 heterocycles. The van der Waals surface area contributed by atoms with E-state index in [-0.39, 0.29) is 0 Å². The smallest absolute Gasteiger partial charge is 0.0178 e. The summed E-state index contributed by atoms with van der Waals surface area (Å²) < 4.78 is 0. The second kappa shape index (κ2) is 5.18. The Labute approximate surface area is 115 Å². The Morgan fingerprint density at radius 1 is 1.05 bits per heavy atom. The minimum absolute atomic E-state index is 0.613. The molecule has 0 aromatic heterocycles. The first-order valence-corrected chi connectivity index (χ1v) is 7.18. The predicted molar refractivity (Wildman–Crippen MR) is 81.1 cm³/mol. The van der Waals surface area contributed by atoms with Crippen LogP contribution in [-0.2, 0) is 6.54 Å². The molecule has 0 spiro atoms. The lowest BCUT2D eigenvalue weighted by atomic mass is 9.80. The molecule has 2 aromatic rings. The SMILES string of the molecule is Cc1cc(CN)ccc1-c1ccc(C2CCC2)cc1. The summed E-state index contributed by atoms with van der Waals surface area (Å²) in [7, 11) is 0. The molecule has 98 valence electrons. The number of aryl methyl sites for hydroxylation is 1. The lowest BCUT2D eigenvalue weighted by Crippen LogP contribution is -2.08. The van der Waals surface area contributed by atoms with Crippen molar-refractivity contribution in [1.82, 2.24) is 0 Å². The zero-order chi connectivity index (χ0) is 13.2. The Morgan fingerprint density at radius 2 is 1.79 bits per heavy atom. The maximum atomic E-state index is 5.68. The topological polar surface area (TPSA) is 26.0 Å². The van der Waals surface area contributed by atoms with Gasteiger partial charge in [-0.25, -0.2) is 0 Å². The van der Waals surface area contributed by atoms with Crippen LogP contribution < -0.4 is 5.73 Å². The molecule has 0 bridgehead atoms. The van der Waals surface area contributed by atoms with Gasteiger partial charge in [0.15, 0.2) is 0 Å². The van der Waals surface area contributed by atoms with E-state index in [0.717, 1.165) is 5.92 Å². The zero-order valence-electron chi connectivity index (χ0n) is 11.5. The number of benzene rings is 2. The predicted octanol–water partition coefficient (Wildman–Crippen LogP) is 4.39. The molecule has 2 N–H and O–H groups in total. The van der Waals surface area contributed by atoms with Crippen molar-refractivity contribution in [2.75, 3.05) is 0 Å². The molecule has 1 heteroatoms. The summed E-state index contributed by atoms with van der Waals surface area (Å²) in [6, 6.07) is 15.6. The van der Waals surface area contributed by atoms with Crippen molar-refractivity contribution in [2.45, 2.75) is 38.6 Å². The summed E-state index contributed by atoms with van der Waals surface area (Å²) in [6.45, 7) is 2.77. The van der Waals surface area contributed by atoms with Crippen molar-refractivity contribution in [3.8, 4) is 11.1 Å². The summed E-state index contributed by atoms with van der Waals surface area (Å²) in [5.74, 6) is 0.815. The molecular formula is C18H21N. The minimum Gasteiger partial charge on any atom is -0.326 e. The standard InChI is InChI=1S/C18H21N/c1-13-11-14(12-19)5-10-18(13)17-8-6-16(7-9-17)15-3-2-4-15/h5-11,15H,2-4,12,19H2,1H3. The molecule has 0 amide bonds. The van der Waals surface area contributed by atoms with E-state index in [0.29, 0.717) is 6.54 Å². The highest BCUT2D eigenvalue weighted by molar-refractivity contribution is 5.67. The summed E-state index contributed by atoms with van der Waals surface area (Å²) in [5, 5.41) is 0. The summed E-state index contributed by atoms with van der Waals surface area (Å²) in [5.41, 5.74) is 12.3. The van der Waals surface area contributed by atoms with Gasteiger partial charge in [-0.15, -0.1) is 0 Å². The molecule has 0 saturated heterocycles. The van der Waals surface area contributed by atoms with Crippen LogP contribution in [0.25, 0.3) is 11.1 Å². The number of hydrogen-bond acceptors (Lipinski definition) is 1. The Balaban J connectivity index is 1.89. The molecule has 1 aliphatic carbocycles. The monoisotopic (exact) mass is 251 g/mol. The highest BCUT2D eigenvalue weighted by Crippen LogP contribution is 2.37. The fourth-order valence-corrected chi connectivity index (χ4v) is 2.85. The van der Waals surface area contributed by atoms with Crippen molar-refractivity contribution in [1.29, 1.82) is 0 Å². The van der Waals surface area contributed by atoms with Crippen LogP contribution in [0.15, 0.2) is 42.5 Å². The van der Waals surface area contributed by atoms with E-state index >= 15 is 0 Å². The summed E-state index contributed by atoms with van der Waals surface area (Å²) >= 11 is 0. The third-order valence-electron chi connectivity index (χ3n) is 4.32.